The molecule has 0 saturated carbocycles. The van der Waals surface area contributed by atoms with Crippen LogP contribution in [-0.4, -0.2) is 24.5 Å². The number of fused-ring (bicyclic) bond motifs is 1. The van der Waals surface area contributed by atoms with Gasteiger partial charge in [0.05, 0.1) is 0 Å². The van der Waals surface area contributed by atoms with E-state index in [9.17, 15) is 0 Å². The zero-order chi connectivity index (χ0) is 14.7. The Labute approximate surface area is 127 Å². The van der Waals surface area contributed by atoms with E-state index in [0.29, 0.717) is 6.04 Å². The largest absolute Gasteiger partial charge is 0.318 e. The van der Waals surface area contributed by atoms with E-state index in [1.165, 1.54) is 22.3 Å². The standard InChI is InChI=1S/C19H24N2/c1-15-7-3-4-9-17(15)13-21-14-18-10-6-5-8-16(18)11-19(21)12-20-2/h3-10,19-20H,11-14H2,1-2H3. The molecule has 2 aromatic rings. The van der Waals surface area contributed by atoms with Crippen molar-refractivity contribution in [3.05, 3.63) is 70.8 Å². The van der Waals surface area contributed by atoms with Crippen molar-refractivity contribution < 1.29 is 0 Å². The van der Waals surface area contributed by atoms with Crippen LogP contribution in [-0.2, 0) is 19.5 Å². The minimum Gasteiger partial charge on any atom is -0.318 e. The monoisotopic (exact) mass is 280 g/mol. The van der Waals surface area contributed by atoms with Gasteiger partial charge in [0.2, 0.25) is 0 Å². The summed E-state index contributed by atoms with van der Waals surface area (Å²) in [4.78, 5) is 2.61. The van der Waals surface area contributed by atoms with Crippen LogP contribution in [0.4, 0.5) is 0 Å². The third kappa shape index (κ3) is 3.17. The zero-order valence-electron chi connectivity index (χ0n) is 13.0. The highest BCUT2D eigenvalue weighted by atomic mass is 15.2. The van der Waals surface area contributed by atoms with Gasteiger partial charge in [-0.1, -0.05) is 48.5 Å². The minimum absolute atomic E-state index is 0.574. The molecule has 1 atom stereocenters. The molecule has 21 heavy (non-hydrogen) atoms. The molecule has 1 heterocycles. The summed E-state index contributed by atoms with van der Waals surface area (Å²) < 4.78 is 0. The lowest BCUT2D eigenvalue weighted by atomic mass is 9.93. The number of rotatable bonds is 4. The molecule has 0 saturated heterocycles. The predicted molar refractivity (Wildman–Crippen MR) is 88.3 cm³/mol. The topological polar surface area (TPSA) is 15.3 Å². The van der Waals surface area contributed by atoms with Gasteiger partial charge in [-0.05, 0) is 42.6 Å². The van der Waals surface area contributed by atoms with Gasteiger partial charge in [0.25, 0.3) is 0 Å². The van der Waals surface area contributed by atoms with E-state index >= 15 is 0 Å². The maximum atomic E-state index is 3.36. The first kappa shape index (κ1) is 14.3. The van der Waals surface area contributed by atoms with Crippen molar-refractivity contribution in [1.29, 1.82) is 0 Å². The van der Waals surface area contributed by atoms with Gasteiger partial charge in [0, 0.05) is 25.7 Å². The molecule has 1 aliphatic rings. The second-order valence-corrected chi connectivity index (χ2v) is 6.02. The molecule has 3 rings (SSSR count). The van der Waals surface area contributed by atoms with Crippen molar-refractivity contribution in [3.63, 3.8) is 0 Å². The van der Waals surface area contributed by atoms with Crippen LogP contribution in [0.15, 0.2) is 48.5 Å². The quantitative estimate of drug-likeness (QED) is 0.925. The molecule has 1 N–H and O–H groups in total. The van der Waals surface area contributed by atoms with Crippen LogP contribution in [0.25, 0.3) is 0 Å². The molecule has 0 aromatic heterocycles. The Hall–Kier alpha value is -1.64. The first-order chi connectivity index (χ1) is 10.3. The Kier molecular flexibility index (Phi) is 4.37. The molecule has 0 aliphatic carbocycles. The highest BCUT2D eigenvalue weighted by Crippen LogP contribution is 2.25. The fraction of sp³-hybridized carbons (Fsp3) is 0.368. The molecule has 1 aliphatic heterocycles. The number of benzene rings is 2. The lowest BCUT2D eigenvalue weighted by molar-refractivity contribution is 0.160. The van der Waals surface area contributed by atoms with Crippen LogP contribution in [0.1, 0.15) is 22.3 Å². The second kappa shape index (κ2) is 6.42. The molecule has 110 valence electrons. The molecule has 0 amide bonds. The summed E-state index contributed by atoms with van der Waals surface area (Å²) in [6.07, 6.45) is 1.14. The normalized spacial score (nSPS) is 18.5. The molecule has 1 unspecified atom stereocenters. The smallest absolute Gasteiger partial charge is 0.0268 e. The van der Waals surface area contributed by atoms with Crippen molar-refractivity contribution in [2.75, 3.05) is 13.6 Å². The lowest BCUT2D eigenvalue weighted by Crippen LogP contribution is -2.45. The number of hydrogen-bond donors (Lipinski definition) is 1. The van der Waals surface area contributed by atoms with Gasteiger partial charge in [-0.2, -0.15) is 0 Å². The number of hydrogen-bond acceptors (Lipinski definition) is 2. The van der Waals surface area contributed by atoms with Crippen LogP contribution >= 0.6 is 0 Å². The molecular formula is C19H24N2. The number of likely N-dealkylation sites (N-methyl/N-ethyl adjacent to an activating group) is 1. The maximum Gasteiger partial charge on any atom is 0.0268 e. The lowest BCUT2D eigenvalue weighted by Gasteiger charge is -2.37. The van der Waals surface area contributed by atoms with E-state index in [1.807, 2.05) is 7.05 Å². The Balaban J connectivity index is 1.84. The van der Waals surface area contributed by atoms with Crippen molar-refractivity contribution in [2.24, 2.45) is 0 Å². The summed E-state index contributed by atoms with van der Waals surface area (Å²) in [7, 11) is 2.05. The number of aryl methyl sites for hydroxylation is 1. The highest BCUT2D eigenvalue weighted by Gasteiger charge is 2.25. The van der Waals surface area contributed by atoms with E-state index in [2.05, 4.69) is 65.7 Å². The SMILES string of the molecule is CNCC1Cc2ccccc2CN1Cc1ccccc1C. The third-order valence-electron chi connectivity index (χ3n) is 4.54. The first-order valence-corrected chi connectivity index (χ1v) is 7.78. The van der Waals surface area contributed by atoms with E-state index in [4.69, 9.17) is 0 Å². The van der Waals surface area contributed by atoms with Crippen LogP contribution in [0, 0.1) is 6.92 Å². The maximum absolute atomic E-state index is 3.36. The van der Waals surface area contributed by atoms with E-state index < -0.39 is 0 Å². The summed E-state index contributed by atoms with van der Waals surface area (Å²) in [6, 6.07) is 18.2. The third-order valence-corrected chi connectivity index (χ3v) is 4.54. The van der Waals surface area contributed by atoms with Crippen molar-refractivity contribution >= 4 is 0 Å². The predicted octanol–water partition coefficient (Wildman–Crippen LogP) is 3.14. The van der Waals surface area contributed by atoms with Crippen LogP contribution < -0.4 is 5.32 Å². The molecule has 2 heteroatoms. The van der Waals surface area contributed by atoms with Gasteiger partial charge in [0.15, 0.2) is 0 Å². The average Bonchev–Trinajstić information content (AvgIpc) is 2.50. The first-order valence-electron chi connectivity index (χ1n) is 7.78. The van der Waals surface area contributed by atoms with Crippen molar-refractivity contribution in [2.45, 2.75) is 32.5 Å². The fourth-order valence-electron chi connectivity index (χ4n) is 3.27. The van der Waals surface area contributed by atoms with Crippen molar-refractivity contribution in [1.82, 2.24) is 10.2 Å². The van der Waals surface area contributed by atoms with Gasteiger partial charge in [0.1, 0.15) is 0 Å². The molecule has 2 aromatic carbocycles. The molecule has 0 fully saturated rings. The molecule has 2 nitrogen and oxygen atoms in total. The number of nitrogens with one attached hydrogen (secondary N) is 1. The Morgan fingerprint density at radius 3 is 2.52 bits per heavy atom. The van der Waals surface area contributed by atoms with Gasteiger partial charge in [-0.3, -0.25) is 4.90 Å². The fourth-order valence-corrected chi connectivity index (χ4v) is 3.27. The average molecular weight is 280 g/mol. The minimum atomic E-state index is 0.574. The Morgan fingerprint density at radius 1 is 1.05 bits per heavy atom. The summed E-state index contributed by atoms with van der Waals surface area (Å²) >= 11 is 0. The zero-order valence-corrected chi connectivity index (χ0v) is 13.0. The van der Waals surface area contributed by atoms with Crippen molar-refractivity contribution in [3.8, 4) is 0 Å². The number of nitrogens with zero attached hydrogens (tertiary/aromatic N) is 1. The Bertz CT molecular complexity index is 606. The molecule has 0 spiro atoms. The van der Waals surface area contributed by atoms with E-state index in [0.717, 1.165) is 26.1 Å². The van der Waals surface area contributed by atoms with Gasteiger partial charge < -0.3 is 5.32 Å². The van der Waals surface area contributed by atoms with Crippen LogP contribution in [0.2, 0.25) is 0 Å². The second-order valence-electron chi connectivity index (χ2n) is 6.02. The summed E-state index contributed by atoms with van der Waals surface area (Å²) in [6.45, 7) is 5.34. The molecule has 0 radical (unpaired) electrons. The van der Waals surface area contributed by atoms with Crippen LogP contribution in [0.5, 0.6) is 0 Å². The van der Waals surface area contributed by atoms with E-state index in [1.54, 1.807) is 0 Å². The molecule has 0 bridgehead atoms. The Morgan fingerprint density at radius 2 is 1.76 bits per heavy atom. The highest BCUT2D eigenvalue weighted by molar-refractivity contribution is 5.31. The van der Waals surface area contributed by atoms with E-state index in [-0.39, 0.29) is 0 Å². The van der Waals surface area contributed by atoms with Gasteiger partial charge >= 0.3 is 0 Å². The summed E-state index contributed by atoms with van der Waals surface area (Å²) in [5, 5.41) is 3.36. The summed E-state index contributed by atoms with van der Waals surface area (Å²) in [5.74, 6) is 0. The van der Waals surface area contributed by atoms with Crippen LogP contribution in [0.3, 0.4) is 0 Å². The van der Waals surface area contributed by atoms with Gasteiger partial charge in [-0.15, -0.1) is 0 Å². The summed E-state index contributed by atoms with van der Waals surface area (Å²) in [5.41, 5.74) is 5.83. The molecular weight excluding hydrogens is 256 g/mol. The van der Waals surface area contributed by atoms with Gasteiger partial charge in [-0.25, -0.2) is 0 Å².